The van der Waals surface area contributed by atoms with Crippen molar-refractivity contribution in [3.63, 3.8) is 0 Å². The molecule has 4 heteroatoms. The van der Waals surface area contributed by atoms with Crippen molar-refractivity contribution in [2.24, 2.45) is 0 Å². The molecule has 0 saturated heterocycles. The Balaban J connectivity index is 0.000000281. The van der Waals surface area contributed by atoms with Crippen molar-refractivity contribution in [3.05, 3.63) is 156 Å². The fourth-order valence-corrected chi connectivity index (χ4v) is 6.85. The first-order valence-electron chi connectivity index (χ1n) is 17.5. The maximum absolute atomic E-state index is 6.62. The van der Waals surface area contributed by atoms with Crippen LogP contribution in [0.4, 0.5) is 0 Å². The molecule has 50 heavy (non-hydrogen) atoms. The minimum absolute atomic E-state index is 0. The zero-order valence-corrected chi connectivity index (χ0v) is 31.3. The molecule has 3 heterocycles. The molecule has 8 rings (SSSR count). The monoisotopic (exact) mass is 831 g/mol. The van der Waals surface area contributed by atoms with Crippen LogP contribution in [0, 0.1) is 19.1 Å². The van der Waals surface area contributed by atoms with E-state index in [9.17, 15) is 0 Å². The molecule has 1 aliphatic rings. The molecule has 3 nitrogen and oxygen atoms in total. The molecule has 253 valence electrons. The summed E-state index contributed by atoms with van der Waals surface area (Å²) < 4.78 is 6.62. The average molecular weight is 831 g/mol. The molecule has 0 amide bonds. The molecular formula is C46H42IrN2O-2. The van der Waals surface area contributed by atoms with Crippen LogP contribution >= 0.6 is 0 Å². The third kappa shape index (κ3) is 7.88. The van der Waals surface area contributed by atoms with Gasteiger partial charge in [-0.15, -0.1) is 48.0 Å². The number of rotatable bonds is 6. The van der Waals surface area contributed by atoms with Crippen LogP contribution in [0.1, 0.15) is 74.5 Å². The third-order valence-corrected chi connectivity index (χ3v) is 9.65. The van der Waals surface area contributed by atoms with E-state index in [-0.39, 0.29) is 20.1 Å². The van der Waals surface area contributed by atoms with Crippen molar-refractivity contribution in [2.75, 3.05) is 0 Å². The molecule has 0 spiro atoms. The van der Waals surface area contributed by atoms with Gasteiger partial charge in [0.05, 0.1) is 11.3 Å². The molecule has 3 aromatic heterocycles. The van der Waals surface area contributed by atoms with E-state index < -0.39 is 0 Å². The summed E-state index contributed by atoms with van der Waals surface area (Å²) in [5, 5.41) is 1.03. The van der Waals surface area contributed by atoms with E-state index in [0.717, 1.165) is 55.9 Å². The molecule has 7 aromatic rings. The van der Waals surface area contributed by atoms with E-state index in [0.29, 0.717) is 11.8 Å². The van der Waals surface area contributed by atoms with E-state index >= 15 is 0 Å². The Morgan fingerprint density at radius 2 is 1.44 bits per heavy atom. The van der Waals surface area contributed by atoms with Crippen molar-refractivity contribution in [1.82, 2.24) is 9.97 Å². The van der Waals surface area contributed by atoms with Crippen LogP contribution in [0.15, 0.2) is 132 Å². The molecule has 0 aliphatic heterocycles. The standard InChI is InChI=1S/C35H34NO.C11H8N.Ir/c1-23(2)29-18-19-36-33(22-29)30-20-31-24(3)34(28-12-8-5-9-13-28)37-35(31)32(21-30)27-16-14-26(15-17-27)25-10-6-4-7-11-25;1-2-6-10(7-3-1)11-8-4-5-9-12-11;/h5,8-9,12-19,21-23,25H,4,6-7,10-11H2,1-3H3;1-6,8-9H;/q2*-1;. The van der Waals surface area contributed by atoms with Crippen molar-refractivity contribution >= 4 is 11.0 Å². The summed E-state index contributed by atoms with van der Waals surface area (Å²) in [6, 6.07) is 46.6. The number of furan rings is 1. The van der Waals surface area contributed by atoms with Crippen molar-refractivity contribution in [3.8, 4) is 45.0 Å². The molecular weight excluding hydrogens is 789 g/mol. The molecule has 0 bridgehead atoms. The van der Waals surface area contributed by atoms with Crippen LogP contribution in [0.25, 0.3) is 55.9 Å². The Hall–Kier alpha value is -4.63. The predicted molar refractivity (Wildman–Crippen MR) is 202 cm³/mol. The van der Waals surface area contributed by atoms with Crippen molar-refractivity contribution in [1.29, 1.82) is 0 Å². The maximum Gasteiger partial charge on any atom is 0.0944 e. The number of benzene rings is 4. The second kappa shape index (κ2) is 16.4. The van der Waals surface area contributed by atoms with Gasteiger partial charge >= 0.3 is 0 Å². The van der Waals surface area contributed by atoms with E-state index in [4.69, 9.17) is 9.40 Å². The van der Waals surface area contributed by atoms with E-state index in [1.165, 1.54) is 48.8 Å². The van der Waals surface area contributed by atoms with Gasteiger partial charge < -0.3 is 9.40 Å². The first-order valence-corrected chi connectivity index (χ1v) is 17.5. The Labute approximate surface area is 310 Å². The van der Waals surface area contributed by atoms with Gasteiger partial charge in [0.1, 0.15) is 0 Å². The van der Waals surface area contributed by atoms with E-state index in [2.05, 4.69) is 105 Å². The summed E-state index contributed by atoms with van der Waals surface area (Å²) in [5.74, 6) is 2.05. The molecule has 4 aromatic carbocycles. The van der Waals surface area contributed by atoms with Crippen molar-refractivity contribution < 1.29 is 24.5 Å². The normalized spacial score (nSPS) is 13.0. The van der Waals surface area contributed by atoms with Gasteiger partial charge in [-0.1, -0.05) is 129 Å². The van der Waals surface area contributed by atoms with Gasteiger partial charge in [0.25, 0.3) is 0 Å². The molecule has 0 unspecified atom stereocenters. The SMILES string of the molecule is Cc1c(-c2ccccc2)oc2c(-c3ccc(C4CCCCC4)cc3)cc(-c3cc(C(C)C)ccn3)[c-]c12.[Ir].[c-]1ccccc1-c1ccccn1. The van der Waals surface area contributed by atoms with Crippen LogP contribution in [-0.2, 0) is 20.1 Å². The summed E-state index contributed by atoms with van der Waals surface area (Å²) in [5.41, 5.74) is 12.1. The summed E-state index contributed by atoms with van der Waals surface area (Å²) in [4.78, 5) is 8.96. The topological polar surface area (TPSA) is 38.9 Å². The Bertz CT molecular complexity index is 2080. The average Bonchev–Trinajstić information content (AvgIpc) is 3.52. The molecule has 1 aliphatic carbocycles. The summed E-state index contributed by atoms with van der Waals surface area (Å²) in [7, 11) is 0. The van der Waals surface area contributed by atoms with Crippen LogP contribution in [-0.4, -0.2) is 9.97 Å². The largest absolute Gasteiger partial charge is 0.499 e. The predicted octanol–water partition coefficient (Wildman–Crippen LogP) is 12.7. The van der Waals surface area contributed by atoms with Crippen molar-refractivity contribution in [2.45, 2.75) is 64.7 Å². The Morgan fingerprint density at radius 1 is 0.700 bits per heavy atom. The molecule has 0 atom stereocenters. The van der Waals surface area contributed by atoms with Crippen LogP contribution in [0.5, 0.6) is 0 Å². The summed E-state index contributed by atoms with van der Waals surface area (Å²) >= 11 is 0. The van der Waals surface area contributed by atoms with Crippen LogP contribution in [0.2, 0.25) is 0 Å². The number of hydrogen-bond donors (Lipinski definition) is 0. The second-order valence-corrected chi connectivity index (χ2v) is 13.3. The van der Waals surface area contributed by atoms with Gasteiger partial charge in [-0.05, 0) is 64.8 Å². The Morgan fingerprint density at radius 3 is 2.14 bits per heavy atom. The zero-order valence-electron chi connectivity index (χ0n) is 29.0. The van der Waals surface area contributed by atoms with Gasteiger partial charge in [-0.25, -0.2) is 0 Å². The van der Waals surface area contributed by atoms with Gasteiger partial charge in [-0.2, -0.15) is 0 Å². The van der Waals surface area contributed by atoms with E-state index in [1.807, 2.05) is 54.7 Å². The fraction of sp³-hybridized carbons (Fsp3) is 0.217. The van der Waals surface area contributed by atoms with Gasteiger partial charge in [-0.3, -0.25) is 4.98 Å². The first-order chi connectivity index (χ1) is 24.0. The number of hydrogen-bond acceptors (Lipinski definition) is 3. The van der Waals surface area contributed by atoms with Gasteiger partial charge in [0.15, 0.2) is 0 Å². The molecule has 0 N–H and O–H groups in total. The summed E-state index contributed by atoms with van der Waals surface area (Å²) in [6.45, 7) is 6.58. The minimum atomic E-state index is 0. The molecule has 1 fully saturated rings. The van der Waals surface area contributed by atoms with E-state index in [1.54, 1.807) is 6.20 Å². The quantitative estimate of drug-likeness (QED) is 0.157. The minimum Gasteiger partial charge on any atom is -0.499 e. The molecule has 1 radical (unpaired) electrons. The first kappa shape index (κ1) is 35.2. The van der Waals surface area contributed by atoms with Gasteiger partial charge in [0, 0.05) is 43.8 Å². The number of fused-ring (bicyclic) bond motifs is 1. The third-order valence-electron chi connectivity index (χ3n) is 9.65. The fourth-order valence-electron chi connectivity index (χ4n) is 6.85. The van der Waals surface area contributed by atoms with Crippen LogP contribution in [0.3, 0.4) is 0 Å². The number of nitrogens with zero attached hydrogens (tertiary/aromatic N) is 2. The van der Waals surface area contributed by atoms with Gasteiger partial charge in [0.2, 0.25) is 0 Å². The second-order valence-electron chi connectivity index (χ2n) is 13.3. The number of aromatic nitrogens is 2. The van der Waals surface area contributed by atoms with Crippen LogP contribution < -0.4 is 0 Å². The smallest absolute Gasteiger partial charge is 0.0944 e. The zero-order chi connectivity index (χ0) is 33.6. The maximum atomic E-state index is 6.62. The summed E-state index contributed by atoms with van der Waals surface area (Å²) in [6.07, 6.45) is 10.4. The Kier molecular flexibility index (Phi) is 11.5. The molecule has 1 saturated carbocycles. The number of pyridine rings is 2. The number of aryl methyl sites for hydroxylation is 1.